The largest absolute Gasteiger partial charge is 0.508 e. The molecule has 0 amide bonds. The van der Waals surface area contributed by atoms with Crippen LogP contribution in [0.3, 0.4) is 0 Å². The molecule has 0 aliphatic carbocycles. The van der Waals surface area contributed by atoms with Crippen molar-refractivity contribution in [2.24, 2.45) is 0 Å². The monoisotopic (exact) mass is 195 g/mol. The lowest BCUT2D eigenvalue weighted by molar-refractivity contribution is -0.139. The van der Waals surface area contributed by atoms with Gasteiger partial charge in [-0.2, -0.15) is 0 Å². The number of hydrogen-bond acceptors (Lipinski definition) is 3. The first kappa shape index (κ1) is 10.5. The first-order chi connectivity index (χ1) is 6.65. The highest BCUT2D eigenvalue weighted by Crippen LogP contribution is 2.18. The average Bonchev–Trinajstić information content (AvgIpc) is 2.13. The van der Waals surface area contributed by atoms with Gasteiger partial charge in [-0.1, -0.05) is 19.1 Å². The molecular formula is C10H13NO3. The molecule has 0 heterocycles. The van der Waals surface area contributed by atoms with Crippen molar-refractivity contribution in [1.82, 2.24) is 5.32 Å². The number of phenols is 1. The predicted molar refractivity (Wildman–Crippen MR) is 52.2 cm³/mol. The molecule has 0 saturated heterocycles. The maximum absolute atomic E-state index is 10.9. The van der Waals surface area contributed by atoms with Gasteiger partial charge in [0, 0.05) is 0 Å². The fourth-order valence-corrected chi connectivity index (χ4v) is 1.26. The van der Waals surface area contributed by atoms with Crippen molar-refractivity contribution in [3.8, 4) is 5.75 Å². The molecule has 1 aromatic rings. The fraction of sp³-hybridized carbons (Fsp3) is 0.300. The molecule has 0 saturated carbocycles. The molecule has 76 valence electrons. The number of aromatic hydroxyl groups is 1. The number of carbonyl (C=O) groups is 1. The molecule has 1 rings (SSSR count). The summed E-state index contributed by atoms with van der Waals surface area (Å²) in [4.78, 5) is 10.9. The summed E-state index contributed by atoms with van der Waals surface area (Å²) in [5.41, 5.74) is 0.555. The summed E-state index contributed by atoms with van der Waals surface area (Å²) in [7, 11) is 0. The molecule has 0 bridgehead atoms. The minimum absolute atomic E-state index is 0.0756. The minimum Gasteiger partial charge on any atom is -0.508 e. The Kier molecular flexibility index (Phi) is 3.48. The van der Waals surface area contributed by atoms with E-state index in [4.69, 9.17) is 5.11 Å². The maximum atomic E-state index is 10.9. The molecule has 1 aromatic carbocycles. The number of likely N-dealkylation sites (N-methyl/N-ethyl adjacent to an activating group) is 1. The van der Waals surface area contributed by atoms with Gasteiger partial charge in [0.2, 0.25) is 0 Å². The van der Waals surface area contributed by atoms with Gasteiger partial charge in [-0.3, -0.25) is 4.79 Å². The SMILES string of the molecule is CCNC(C(=O)O)c1cccc(O)c1. The predicted octanol–water partition coefficient (Wildman–Crippen LogP) is 1.13. The van der Waals surface area contributed by atoms with Crippen LogP contribution in [-0.4, -0.2) is 22.7 Å². The topological polar surface area (TPSA) is 69.6 Å². The Morgan fingerprint density at radius 1 is 1.57 bits per heavy atom. The van der Waals surface area contributed by atoms with Crippen LogP contribution in [0.2, 0.25) is 0 Å². The smallest absolute Gasteiger partial charge is 0.325 e. The Hall–Kier alpha value is -1.55. The van der Waals surface area contributed by atoms with Gasteiger partial charge in [0.25, 0.3) is 0 Å². The third-order valence-electron chi connectivity index (χ3n) is 1.86. The highest BCUT2D eigenvalue weighted by molar-refractivity contribution is 5.75. The lowest BCUT2D eigenvalue weighted by Crippen LogP contribution is -2.28. The number of nitrogens with one attached hydrogen (secondary N) is 1. The molecule has 0 radical (unpaired) electrons. The number of rotatable bonds is 4. The van der Waals surface area contributed by atoms with Crippen molar-refractivity contribution in [2.75, 3.05) is 6.54 Å². The average molecular weight is 195 g/mol. The summed E-state index contributed by atoms with van der Waals surface area (Å²) in [5, 5.41) is 20.9. The highest BCUT2D eigenvalue weighted by Gasteiger charge is 2.18. The van der Waals surface area contributed by atoms with Crippen molar-refractivity contribution in [2.45, 2.75) is 13.0 Å². The first-order valence-corrected chi connectivity index (χ1v) is 4.40. The number of benzene rings is 1. The van der Waals surface area contributed by atoms with Gasteiger partial charge in [0.1, 0.15) is 11.8 Å². The third kappa shape index (κ3) is 2.47. The maximum Gasteiger partial charge on any atom is 0.325 e. The molecular weight excluding hydrogens is 182 g/mol. The summed E-state index contributed by atoms with van der Waals surface area (Å²) >= 11 is 0. The van der Waals surface area contributed by atoms with Crippen molar-refractivity contribution >= 4 is 5.97 Å². The lowest BCUT2D eigenvalue weighted by atomic mass is 10.1. The van der Waals surface area contributed by atoms with Gasteiger partial charge in [-0.15, -0.1) is 0 Å². The van der Waals surface area contributed by atoms with Crippen LogP contribution < -0.4 is 5.32 Å². The van der Waals surface area contributed by atoms with E-state index in [1.54, 1.807) is 12.1 Å². The van der Waals surface area contributed by atoms with Crippen LogP contribution in [0.15, 0.2) is 24.3 Å². The zero-order valence-electron chi connectivity index (χ0n) is 7.90. The summed E-state index contributed by atoms with van der Waals surface area (Å²) in [6, 6.07) is 5.49. The Labute approximate surface area is 82.2 Å². The summed E-state index contributed by atoms with van der Waals surface area (Å²) < 4.78 is 0. The molecule has 0 spiro atoms. The van der Waals surface area contributed by atoms with Crippen molar-refractivity contribution < 1.29 is 15.0 Å². The van der Waals surface area contributed by atoms with Gasteiger partial charge < -0.3 is 15.5 Å². The van der Waals surface area contributed by atoms with E-state index in [-0.39, 0.29) is 5.75 Å². The van der Waals surface area contributed by atoms with Crippen LogP contribution >= 0.6 is 0 Å². The van der Waals surface area contributed by atoms with E-state index in [1.807, 2.05) is 6.92 Å². The van der Waals surface area contributed by atoms with Gasteiger partial charge >= 0.3 is 5.97 Å². The molecule has 4 heteroatoms. The zero-order valence-corrected chi connectivity index (χ0v) is 7.90. The van der Waals surface area contributed by atoms with E-state index in [0.29, 0.717) is 12.1 Å². The number of phenolic OH excluding ortho intramolecular Hbond substituents is 1. The Bertz CT molecular complexity index is 325. The second-order valence-corrected chi connectivity index (χ2v) is 2.92. The van der Waals surface area contributed by atoms with Crippen molar-refractivity contribution in [3.63, 3.8) is 0 Å². The van der Waals surface area contributed by atoms with Crippen LogP contribution in [-0.2, 0) is 4.79 Å². The van der Waals surface area contributed by atoms with E-state index in [9.17, 15) is 9.90 Å². The van der Waals surface area contributed by atoms with Crippen LogP contribution in [0.25, 0.3) is 0 Å². The molecule has 0 aliphatic heterocycles. The first-order valence-electron chi connectivity index (χ1n) is 4.40. The Balaban J connectivity index is 2.93. The molecule has 0 aromatic heterocycles. The van der Waals surface area contributed by atoms with Crippen LogP contribution in [0.4, 0.5) is 0 Å². The molecule has 14 heavy (non-hydrogen) atoms. The molecule has 0 fully saturated rings. The van der Waals surface area contributed by atoms with E-state index >= 15 is 0 Å². The molecule has 1 atom stereocenters. The van der Waals surface area contributed by atoms with Gasteiger partial charge in [-0.25, -0.2) is 0 Å². The second kappa shape index (κ2) is 4.62. The van der Waals surface area contributed by atoms with Crippen LogP contribution in [0, 0.1) is 0 Å². The summed E-state index contributed by atoms with van der Waals surface area (Å²) in [6.45, 7) is 2.39. The molecule has 3 N–H and O–H groups in total. The van der Waals surface area contributed by atoms with Gasteiger partial charge in [0.05, 0.1) is 0 Å². The lowest BCUT2D eigenvalue weighted by Gasteiger charge is -2.13. The normalized spacial score (nSPS) is 12.4. The summed E-state index contributed by atoms with van der Waals surface area (Å²) in [6.07, 6.45) is 0. The van der Waals surface area contributed by atoms with Gasteiger partial charge in [0.15, 0.2) is 0 Å². The molecule has 4 nitrogen and oxygen atoms in total. The third-order valence-corrected chi connectivity index (χ3v) is 1.86. The fourth-order valence-electron chi connectivity index (χ4n) is 1.26. The quantitative estimate of drug-likeness (QED) is 0.673. The van der Waals surface area contributed by atoms with Crippen molar-refractivity contribution in [3.05, 3.63) is 29.8 Å². The van der Waals surface area contributed by atoms with E-state index in [1.165, 1.54) is 12.1 Å². The Morgan fingerprint density at radius 2 is 2.29 bits per heavy atom. The molecule has 0 aliphatic rings. The second-order valence-electron chi connectivity index (χ2n) is 2.92. The van der Waals surface area contributed by atoms with Crippen molar-refractivity contribution in [1.29, 1.82) is 0 Å². The van der Waals surface area contributed by atoms with E-state index in [0.717, 1.165) is 0 Å². The van der Waals surface area contributed by atoms with Crippen LogP contribution in [0.5, 0.6) is 5.75 Å². The minimum atomic E-state index is -0.947. The number of aliphatic carboxylic acids is 1. The molecule has 1 unspecified atom stereocenters. The van der Waals surface area contributed by atoms with E-state index < -0.39 is 12.0 Å². The highest BCUT2D eigenvalue weighted by atomic mass is 16.4. The summed E-state index contributed by atoms with van der Waals surface area (Å²) in [5.74, 6) is -0.871. The Morgan fingerprint density at radius 3 is 2.79 bits per heavy atom. The number of carboxylic acids is 1. The number of carboxylic acid groups (broad SMARTS) is 1. The number of hydrogen-bond donors (Lipinski definition) is 3. The zero-order chi connectivity index (χ0) is 10.6. The van der Waals surface area contributed by atoms with Gasteiger partial charge in [-0.05, 0) is 24.2 Å². The van der Waals surface area contributed by atoms with Crippen LogP contribution in [0.1, 0.15) is 18.5 Å². The van der Waals surface area contributed by atoms with E-state index in [2.05, 4.69) is 5.32 Å². The standard InChI is InChI=1S/C10H13NO3/c1-2-11-9(10(13)14)7-4-3-5-8(12)6-7/h3-6,9,11-12H,2H2,1H3,(H,13,14).